The molecule has 0 atom stereocenters. The molecule has 0 saturated carbocycles. The molecule has 0 aliphatic rings. The van der Waals surface area contributed by atoms with Crippen LogP contribution in [0.5, 0.6) is 5.75 Å². The normalized spacial score (nSPS) is 10.5. The number of hydrogen-bond acceptors (Lipinski definition) is 2. The zero-order valence-corrected chi connectivity index (χ0v) is 9.07. The Kier molecular flexibility index (Phi) is 3.88. The summed E-state index contributed by atoms with van der Waals surface area (Å²) in [7, 11) is 0. The number of carbonyl (C=O) groups excluding carboxylic acids is 1. The van der Waals surface area contributed by atoms with Crippen molar-refractivity contribution < 1.29 is 18.3 Å². The van der Waals surface area contributed by atoms with Gasteiger partial charge in [0.2, 0.25) is 0 Å². The van der Waals surface area contributed by atoms with Gasteiger partial charge in [0.05, 0.1) is 10.0 Å². The minimum absolute atomic E-state index is 0.0301. The van der Waals surface area contributed by atoms with Gasteiger partial charge in [0.1, 0.15) is 5.75 Å². The summed E-state index contributed by atoms with van der Waals surface area (Å²) in [6.45, 7) is -1.69. The molecule has 0 aromatic heterocycles. The summed E-state index contributed by atoms with van der Waals surface area (Å²) in [6, 6.07) is 2.29. The minimum Gasteiger partial charge on any atom is -0.433 e. The van der Waals surface area contributed by atoms with E-state index in [-0.39, 0.29) is 27.1 Å². The fraction of sp³-hybridized carbons (Fsp3) is 0.222. The highest BCUT2D eigenvalue weighted by molar-refractivity contribution is 6.36. The molecule has 15 heavy (non-hydrogen) atoms. The van der Waals surface area contributed by atoms with Crippen LogP contribution in [-0.4, -0.2) is 12.4 Å². The second kappa shape index (κ2) is 4.77. The van der Waals surface area contributed by atoms with Crippen LogP contribution in [0.2, 0.25) is 10.0 Å². The van der Waals surface area contributed by atoms with Crippen LogP contribution in [0.4, 0.5) is 8.78 Å². The average molecular weight is 255 g/mol. The highest BCUT2D eigenvalue weighted by Crippen LogP contribution is 2.32. The first kappa shape index (κ1) is 12.2. The van der Waals surface area contributed by atoms with Crippen molar-refractivity contribution in [2.24, 2.45) is 0 Å². The molecule has 0 amide bonds. The van der Waals surface area contributed by atoms with Crippen LogP contribution in [0.3, 0.4) is 0 Å². The Morgan fingerprint density at radius 2 is 1.93 bits per heavy atom. The second-order valence-corrected chi connectivity index (χ2v) is 3.51. The molecule has 2 nitrogen and oxygen atoms in total. The number of Topliss-reactive ketones (excluding diaryl/α,β-unsaturated/α-hetero) is 1. The fourth-order valence-corrected chi connectivity index (χ4v) is 1.48. The topological polar surface area (TPSA) is 26.3 Å². The van der Waals surface area contributed by atoms with E-state index in [4.69, 9.17) is 23.2 Å². The third-order valence-electron chi connectivity index (χ3n) is 1.62. The monoisotopic (exact) mass is 254 g/mol. The van der Waals surface area contributed by atoms with Gasteiger partial charge in [-0.2, -0.15) is 8.78 Å². The van der Waals surface area contributed by atoms with E-state index in [0.29, 0.717) is 0 Å². The van der Waals surface area contributed by atoms with Crippen molar-refractivity contribution >= 4 is 29.0 Å². The van der Waals surface area contributed by atoms with Crippen molar-refractivity contribution in [2.45, 2.75) is 13.5 Å². The summed E-state index contributed by atoms with van der Waals surface area (Å²) < 4.78 is 27.9. The Labute approximate surface area is 94.7 Å². The number of benzene rings is 1. The Morgan fingerprint density at radius 1 is 1.33 bits per heavy atom. The Hall–Kier alpha value is -0.870. The highest BCUT2D eigenvalue weighted by Gasteiger charge is 2.14. The molecule has 0 spiro atoms. The molecule has 0 aliphatic heterocycles. The molecule has 1 aromatic carbocycles. The van der Waals surface area contributed by atoms with Crippen LogP contribution in [0, 0.1) is 0 Å². The zero-order chi connectivity index (χ0) is 11.6. The van der Waals surface area contributed by atoms with Crippen molar-refractivity contribution in [3.63, 3.8) is 0 Å². The van der Waals surface area contributed by atoms with Crippen LogP contribution in [-0.2, 0) is 0 Å². The molecular formula is C9H6Cl2F2O2. The van der Waals surface area contributed by atoms with Crippen molar-refractivity contribution in [3.05, 3.63) is 27.7 Å². The van der Waals surface area contributed by atoms with Gasteiger partial charge >= 0.3 is 6.61 Å². The lowest BCUT2D eigenvalue weighted by Gasteiger charge is -2.08. The molecular weight excluding hydrogens is 249 g/mol. The molecule has 1 rings (SSSR count). The lowest BCUT2D eigenvalue weighted by atomic mass is 10.1. The molecule has 0 heterocycles. The number of rotatable bonds is 3. The highest BCUT2D eigenvalue weighted by atomic mass is 35.5. The van der Waals surface area contributed by atoms with E-state index in [1.807, 2.05) is 0 Å². The van der Waals surface area contributed by atoms with Gasteiger partial charge in [-0.25, -0.2) is 0 Å². The summed E-state index contributed by atoms with van der Waals surface area (Å²) in [5, 5.41) is -0.0487. The molecule has 0 radical (unpaired) electrons. The maximum atomic E-state index is 11.9. The first-order valence-corrected chi connectivity index (χ1v) is 4.62. The van der Waals surface area contributed by atoms with Crippen LogP contribution < -0.4 is 4.74 Å². The van der Waals surface area contributed by atoms with Crippen molar-refractivity contribution in [1.82, 2.24) is 0 Å². The predicted molar refractivity (Wildman–Crippen MR) is 53.1 cm³/mol. The average Bonchev–Trinajstić information content (AvgIpc) is 2.09. The van der Waals surface area contributed by atoms with Crippen molar-refractivity contribution in [1.29, 1.82) is 0 Å². The number of hydrogen-bond donors (Lipinski definition) is 0. The van der Waals surface area contributed by atoms with Gasteiger partial charge in [0.25, 0.3) is 0 Å². The molecule has 6 heteroatoms. The van der Waals surface area contributed by atoms with E-state index in [1.165, 1.54) is 13.0 Å². The van der Waals surface area contributed by atoms with E-state index >= 15 is 0 Å². The number of halogens is 4. The summed E-state index contributed by atoms with van der Waals surface area (Å²) in [5.41, 5.74) is 0.170. The summed E-state index contributed by atoms with van der Waals surface area (Å²) in [6.07, 6.45) is 0. The summed E-state index contributed by atoms with van der Waals surface area (Å²) in [4.78, 5) is 11.0. The van der Waals surface area contributed by atoms with Crippen molar-refractivity contribution in [2.75, 3.05) is 0 Å². The number of ether oxygens (including phenoxy) is 1. The maximum Gasteiger partial charge on any atom is 0.387 e. The Balaban J connectivity index is 3.13. The minimum atomic E-state index is -2.98. The van der Waals surface area contributed by atoms with E-state index in [0.717, 1.165) is 6.07 Å². The molecule has 82 valence electrons. The van der Waals surface area contributed by atoms with Gasteiger partial charge in [-0.1, -0.05) is 23.2 Å². The molecule has 0 unspecified atom stereocenters. The maximum absolute atomic E-state index is 11.9. The first-order valence-electron chi connectivity index (χ1n) is 3.86. The summed E-state index contributed by atoms with van der Waals surface area (Å²) >= 11 is 11.3. The van der Waals surface area contributed by atoms with Crippen LogP contribution in [0.25, 0.3) is 0 Å². The number of ketones is 1. The van der Waals surface area contributed by atoms with Gasteiger partial charge in [-0.05, 0) is 13.0 Å². The number of carbonyl (C=O) groups is 1. The van der Waals surface area contributed by atoms with E-state index in [1.54, 1.807) is 0 Å². The van der Waals surface area contributed by atoms with Gasteiger partial charge in [-0.15, -0.1) is 0 Å². The van der Waals surface area contributed by atoms with Crippen LogP contribution >= 0.6 is 23.2 Å². The molecule has 1 aromatic rings. The molecule has 0 aliphatic carbocycles. The van der Waals surface area contributed by atoms with Gasteiger partial charge in [0, 0.05) is 11.6 Å². The molecule has 0 fully saturated rings. The molecule has 0 saturated heterocycles. The Morgan fingerprint density at radius 3 is 2.40 bits per heavy atom. The fourth-order valence-electron chi connectivity index (χ4n) is 0.985. The summed E-state index contributed by atoms with van der Waals surface area (Å²) in [5.74, 6) is -0.549. The van der Waals surface area contributed by atoms with Crippen LogP contribution in [0.1, 0.15) is 17.3 Å². The predicted octanol–water partition coefficient (Wildman–Crippen LogP) is 3.80. The first-order chi connectivity index (χ1) is 6.91. The van der Waals surface area contributed by atoms with Crippen molar-refractivity contribution in [3.8, 4) is 5.75 Å². The lowest BCUT2D eigenvalue weighted by molar-refractivity contribution is -0.0497. The SMILES string of the molecule is CC(=O)c1cc(Cl)c(OC(F)F)cc1Cl. The van der Waals surface area contributed by atoms with Gasteiger partial charge in [0.15, 0.2) is 5.78 Å². The van der Waals surface area contributed by atoms with Crippen LogP contribution in [0.15, 0.2) is 12.1 Å². The standard InChI is InChI=1S/C9H6Cl2F2O2/c1-4(14)5-2-7(11)8(3-6(5)10)15-9(12)13/h2-3,9H,1H3. The van der Waals surface area contributed by atoms with Gasteiger partial charge < -0.3 is 4.74 Å². The third-order valence-corrected chi connectivity index (χ3v) is 2.22. The smallest absolute Gasteiger partial charge is 0.387 e. The zero-order valence-electron chi connectivity index (χ0n) is 7.56. The third kappa shape index (κ3) is 3.04. The number of alkyl halides is 2. The lowest BCUT2D eigenvalue weighted by Crippen LogP contribution is -2.03. The molecule has 0 N–H and O–H groups in total. The largest absolute Gasteiger partial charge is 0.433 e. The van der Waals surface area contributed by atoms with Gasteiger partial charge in [-0.3, -0.25) is 4.79 Å². The molecule has 0 bridgehead atoms. The van der Waals surface area contributed by atoms with E-state index in [9.17, 15) is 13.6 Å². The van der Waals surface area contributed by atoms with E-state index in [2.05, 4.69) is 4.74 Å². The quantitative estimate of drug-likeness (QED) is 0.768. The Bertz CT molecular complexity index is 394. The second-order valence-electron chi connectivity index (χ2n) is 2.70. The van der Waals surface area contributed by atoms with E-state index < -0.39 is 6.61 Å².